The van der Waals surface area contributed by atoms with Crippen LogP contribution in [0, 0.1) is 0 Å². The molecule has 2 aliphatic rings. The molecule has 0 N–H and O–H groups in total. The van der Waals surface area contributed by atoms with E-state index >= 15 is 0 Å². The standard InChI is InChI=1S/C27H16N4/c1-2-4-18-15(3-1)11-16-5-6-17-12-22-26(25(17)24(16)18)31-23-14-29-9-7-19(23)21-13-28-10-8-20(21)27(31)30-22/h1-10,13-14H,11-12H2. The predicted octanol–water partition coefficient (Wildman–Crippen LogP) is 5.57. The number of imidazole rings is 1. The Morgan fingerprint density at radius 3 is 2.42 bits per heavy atom. The lowest BCUT2D eigenvalue weighted by atomic mass is 9.95. The summed E-state index contributed by atoms with van der Waals surface area (Å²) in [5.74, 6) is 0. The van der Waals surface area contributed by atoms with Crippen LogP contribution in [0.4, 0.5) is 0 Å². The lowest BCUT2D eigenvalue weighted by Gasteiger charge is -2.13. The SMILES string of the molecule is c1ccc2c(c1)Cc1ccc3c(c1-2)-c1c(nc2c4ccncc4c4ccncc4n12)C3. The number of pyridine rings is 3. The molecule has 0 saturated carbocycles. The van der Waals surface area contributed by atoms with Crippen LogP contribution >= 0.6 is 0 Å². The van der Waals surface area contributed by atoms with E-state index in [1.807, 2.05) is 24.8 Å². The van der Waals surface area contributed by atoms with Crippen molar-refractivity contribution in [1.29, 1.82) is 0 Å². The van der Waals surface area contributed by atoms with Crippen molar-refractivity contribution in [2.75, 3.05) is 0 Å². The Morgan fingerprint density at radius 2 is 1.48 bits per heavy atom. The van der Waals surface area contributed by atoms with Crippen LogP contribution in [0.25, 0.3) is 49.7 Å². The fourth-order valence-corrected chi connectivity index (χ4v) is 5.72. The number of hydrogen-bond donors (Lipinski definition) is 0. The Balaban J connectivity index is 1.59. The van der Waals surface area contributed by atoms with Gasteiger partial charge in [0.05, 0.1) is 23.1 Å². The number of rotatable bonds is 0. The second-order valence-electron chi connectivity index (χ2n) is 8.52. The number of fused-ring (bicyclic) bond motifs is 14. The van der Waals surface area contributed by atoms with E-state index in [1.54, 1.807) is 0 Å². The normalized spacial score (nSPS) is 13.5. The largest absolute Gasteiger partial charge is 0.290 e. The lowest BCUT2D eigenvalue weighted by molar-refractivity contribution is 1.16. The van der Waals surface area contributed by atoms with Gasteiger partial charge in [0.2, 0.25) is 0 Å². The molecular formula is C27H16N4. The zero-order chi connectivity index (χ0) is 20.1. The second kappa shape index (κ2) is 5.35. The Bertz CT molecular complexity index is 1740. The summed E-state index contributed by atoms with van der Waals surface area (Å²) in [5.41, 5.74) is 12.8. The van der Waals surface area contributed by atoms with Gasteiger partial charge in [0.25, 0.3) is 0 Å². The molecule has 2 aromatic carbocycles. The predicted molar refractivity (Wildman–Crippen MR) is 122 cm³/mol. The minimum absolute atomic E-state index is 0.871. The van der Waals surface area contributed by atoms with Gasteiger partial charge in [0.15, 0.2) is 0 Å². The van der Waals surface area contributed by atoms with Gasteiger partial charge in [-0.1, -0.05) is 36.4 Å². The van der Waals surface area contributed by atoms with Crippen molar-refractivity contribution < 1.29 is 0 Å². The van der Waals surface area contributed by atoms with Crippen LogP contribution < -0.4 is 0 Å². The maximum Gasteiger partial charge on any atom is 0.146 e. The van der Waals surface area contributed by atoms with Crippen LogP contribution in [0.5, 0.6) is 0 Å². The molecule has 4 aromatic heterocycles. The fourth-order valence-electron chi connectivity index (χ4n) is 5.72. The molecule has 0 atom stereocenters. The first-order valence-corrected chi connectivity index (χ1v) is 10.6. The van der Waals surface area contributed by atoms with Gasteiger partial charge in [-0.15, -0.1) is 0 Å². The first-order chi connectivity index (χ1) is 15.4. The van der Waals surface area contributed by atoms with Gasteiger partial charge in [0, 0.05) is 46.7 Å². The van der Waals surface area contributed by atoms with Gasteiger partial charge in [-0.05, 0) is 46.4 Å². The lowest BCUT2D eigenvalue weighted by Crippen LogP contribution is -1.96. The topological polar surface area (TPSA) is 43.1 Å². The molecule has 31 heavy (non-hydrogen) atoms. The molecular weight excluding hydrogens is 380 g/mol. The van der Waals surface area contributed by atoms with E-state index in [4.69, 9.17) is 4.98 Å². The van der Waals surface area contributed by atoms with Gasteiger partial charge >= 0.3 is 0 Å². The van der Waals surface area contributed by atoms with E-state index < -0.39 is 0 Å². The average Bonchev–Trinajstić information content (AvgIpc) is 3.48. The molecule has 2 aliphatic carbocycles. The summed E-state index contributed by atoms with van der Waals surface area (Å²) in [6, 6.07) is 17.6. The van der Waals surface area contributed by atoms with Crippen molar-refractivity contribution in [2.45, 2.75) is 12.8 Å². The second-order valence-corrected chi connectivity index (χ2v) is 8.52. The maximum atomic E-state index is 5.18. The van der Waals surface area contributed by atoms with Crippen LogP contribution in [0.3, 0.4) is 0 Å². The number of nitrogens with zero attached hydrogens (tertiary/aromatic N) is 4. The van der Waals surface area contributed by atoms with Gasteiger partial charge < -0.3 is 0 Å². The third-order valence-corrected chi connectivity index (χ3v) is 6.98. The van der Waals surface area contributed by atoms with Gasteiger partial charge in [-0.3, -0.25) is 14.4 Å². The van der Waals surface area contributed by atoms with Gasteiger partial charge in [0.1, 0.15) is 5.65 Å². The summed E-state index contributed by atoms with van der Waals surface area (Å²) in [6.07, 6.45) is 9.50. The van der Waals surface area contributed by atoms with Crippen molar-refractivity contribution in [1.82, 2.24) is 19.4 Å². The Kier molecular flexibility index (Phi) is 2.72. The first-order valence-electron chi connectivity index (χ1n) is 10.6. The summed E-state index contributed by atoms with van der Waals surface area (Å²) in [4.78, 5) is 14.0. The molecule has 6 aromatic rings. The molecule has 0 saturated heterocycles. The van der Waals surface area contributed by atoms with Crippen molar-refractivity contribution in [2.24, 2.45) is 0 Å². The van der Waals surface area contributed by atoms with Crippen molar-refractivity contribution >= 4 is 27.3 Å². The first kappa shape index (κ1) is 15.7. The molecule has 0 bridgehead atoms. The highest BCUT2D eigenvalue weighted by atomic mass is 15.0. The molecule has 0 amide bonds. The summed E-state index contributed by atoms with van der Waals surface area (Å²) >= 11 is 0. The van der Waals surface area contributed by atoms with Crippen molar-refractivity contribution in [3.05, 3.63) is 95.7 Å². The molecule has 0 spiro atoms. The van der Waals surface area contributed by atoms with E-state index in [2.05, 4.69) is 62.9 Å². The third kappa shape index (κ3) is 1.84. The number of hydrogen-bond acceptors (Lipinski definition) is 3. The van der Waals surface area contributed by atoms with Crippen LogP contribution in [0.1, 0.15) is 22.4 Å². The van der Waals surface area contributed by atoms with E-state index in [0.29, 0.717) is 0 Å². The highest BCUT2D eigenvalue weighted by Gasteiger charge is 2.32. The quantitative estimate of drug-likeness (QED) is 0.315. The van der Waals surface area contributed by atoms with E-state index in [-0.39, 0.29) is 0 Å². The van der Waals surface area contributed by atoms with Gasteiger partial charge in [-0.25, -0.2) is 4.98 Å². The minimum atomic E-state index is 0.871. The molecule has 0 fully saturated rings. The molecule has 4 nitrogen and oxygen atoms in total. The highest BCUT2D eigenvalue weighted by Crippen LogP contribution is 2.50. The van der Waals surface area contributed by atoms with Crippen LogP contribution in [0.15, 0.2) is 73.3 Å². The molecule has 4 heteroatoms. The van der Waals surface area contributed by atoms with Gasteiger partial charge in [-0.2, -0.15) is 0 Å². The maximum absolute atomic E-state index is 5.18. The highest BCUT2D eigenvalue weighted by molar-refractivity contribution is 6.12. The van der Waals surface area contributed by atoms with E-state index in [9.17, 15) is 0 Å². The number of benzene rings is 2. The van der Waals surface area contributed by atoms with Crippen LogP contribution in [0.2, 0.25) is 0 Å². The summed E-state index contributed by atoms with van der Waals surface area (Å²) in [6.45, 7) is 0. The van der Waals surface area contributed by atoms with Crippen molar-refractivity contribution in [3.8, 4) is 22.4 Å². The zero-order valence-corrected chi connectivity index (χ0v) is 16.6. The smallest absolute Gasteiger partial charge is 0.146 e. The van der Waals surface area contributed by atoms with Crippen molar-refractivity contribution in [3.63, 3.8) is 0 Å². The molecule has 0 aliphatic heterocycles. The third-order valence-electron chi connectivity index (χ3n) is 6.98. The molecule has 4 heterocycles. The summed E-state index contributed by atoms with van der Waals surface area (Å²) in [5, 5.41) is 3.42. The molecule has 0 radical (unpaired) electrons. The Morgan fingerprint density at radius 1 is 0.677 bits per heavy atom. The van der Waals surface area contributed by atoms with Crippen LogP contribution in [-0.4, -0.2) is 19.4 Å². The average molecular weight is 396 g/mol. The number of aromatic nitrogens is 4. The Labute approximate surface area is 177 Å². The molecule has 144 valence electrons. The molecule has 8 rings (SSSR count). The zero-order valence-electron chi connectivity index (χ0n) is 16.6. The van der Waals surface area contributed by atoms with E-state index in [0.717, 1.165) is 45.9 Å². The van der Waals surface area contributed by atoms with E-state index in [1.165, 1.54) is 39.1 Å². The Hall–Kier alpha value is -4.05. The monoisotopic (exact) mass is 396 g/mol. The van der Waals surface area contributed by atoms with Crippen LogP contribution in [-0.2, 0) is 12.8 Å². The molecule has 0 unspecified atom stereocenters. The summed E-state index contributed by atoms with van der Waals surface area (Å²) in [7, 11) is 0. The fraction of sp³-hybridized carbons (Fsp3) is 0.0741. The minimum Gasteiger partial charge on any atom is -0.290 e. The summed E-state index contributed by atoms with van der Waals surface area (Å²) < 4.78 is 2.34.